The van der Waals surface area contributed by atoms with Gasteiger partial charge in [0.05, 0.1) is 18.9 Å². The quantitative estimate of drug-likeness (QED) is 0.605. The maximum absolute atomic E-state index is 11.2. The van der Waals surface area contributed by atoms with Crippen molar-refractivity contribution in [3.05, 3.63) is 66.4 Å². The van der Waals surface area contributed by atoms with Crippen LogP contribution in [0.3, 0.4) is 0 Å². The molecule has 132 valence electrons. The highest BCUT2D eigenvalue weighted by atomic mass is 32.2. The topological polar surface area (TPSA) is 57.5 Å². The molecule has 0 aliphatic rings. The number of ether oxygens (including phenoxy) is 1. The van der Waals surface area contributed by atoms with Crippen LogP contribution in [0.2, 0.25) is 0 Å². The minimum absolute atomic E-state index is 0.431. The molecule has 2 aromatic carbocycles. The van der Waals surface area contributed by atoms with Gasteiger partial charge in [-0.1, -0.05) is 30.3 Å². The van der Waals surface area contributed by atoms with Crippen LogP contribution in [0.1, 0.15) is 12.5 Å². The molecular formula is C19H21NO4S. The van der Waals surface area contributed by atoms with E-state index in [1.807, 2.05) is 65.4 Å². The molecule has 0 aliphatic carbocycles. The first-order valence-electron chi connectivity index (χ1n) is 8.04. The van der Waals surface area contributed by atoms with E-state index in [0.717, 1.165) is 28.5 Å². The summed E-state index contributed by atoms with van der Waals surface area (Å²) in [6, 6.07) is 17.9. The second-order valence-corrected chi connectivity index (χ2v) is 7.67. The second-order valence-electron chi connectivity index (χ2n) is 6.07. The number of aromatic nitrogens is 1. The van der Waals surface area contributed by atoms with Crippen LogP contribution in [0, 0.1) is 0 Å². The summed E-state index contributed by atoms with van der Waals surface area (Å²) < 4.78 is 35.3. The number of fused-ring (bicyclic) bond motifs is 1. The molecule has 0 aliphatic heterocycles. The Kier molecular flexibility index (Phi) is 5.11. The van der Waals surface area contributed by atoms with Gasteiger partial charge in [0.1, 0.15) is 12.4 Å². The Labute approximate surface area is 147 Å². The Morgan fingerprint density at radius 1 is 1.08 bits per heavy atom. The Morgan fingerprint density at radius 2 is 1.84 bits per heavy atom. The van der Waals surface area contributed by atoms with E-state index in [9.17, 15) is 8.42 Å². The van der Waals surface area contributed by atoms with Gasteiger partial charge in [-0.25, -0.2) is 0 Å². The zero-order valence-corrected chi connectivity index (χ0v) is 15.1. The average molecular weight is 359 g/mol. The van der Waals surface area contributed by atoms with Gasteiger partial charge in [0, 0.05) is 17.1 Å². The Bertz CT molecular complexity index is 948. The first kappa shape index (κ1) is 17.5. The molecule has 3 aromatic rings. The summed E-state index contributed by atoms with van der Waals surface area (Å²) in [4.78, 5) is 0. The number of nitrogens with zero attached hydrogens (tertiary/aromatic N) is 1. The van der Waals surface area contributed by atoms with Crippen molar-refractivity contribution in [3.8, 4) is 5.75 Å². The fourth-order valence-electron chi connectivity index (χ4n) is 2.77. The van der Waals surface area contributed by atoms with Crippen LogP contribution >= 0.6 is 0 Å². The van der Waals surface area contributed by atoms with E-state index in [2.05, 4.69) is 0 Å². The highest BCUT2D eigenvalue weighted by molar-refractivity contribution is 7.86. The molecule has 5 nitrogen and oxygen atoms in total. The molecule has 0 radical (unpaired) electrons. The van der Waals surface area contributed by atoms with Crippen molar-refractivity contribution in [2.75, 3.05) is 6.26 Å². The molecule has 3 rings (SSSR count). The van der Waals surface area contributed by atoms with Gasteiger partial charge in [0.25, 0.3) is 10.1 Å². The SMILES string of the molecule is CC(Cn1ccc2cc(OCc3ccccc3)ccc21)OS(C)(=O)=O. The van der Waals surface area contributed by atoms with E-state index >= 15 is 0 Å². The van der Waals surface area contributed by atoms with E-state index in [4.69, 9.17) is 8.92 Å². The highest BCUT2D eigenvalue weighted by Crippen LogP contribution is 2.23. The molecule has 0 fully saturated rings. The summed E-state index contributed by atoms with van der Waals surface area (Å²) >= 11 is 0. The molecule has 1 aromatic heterocycles. The van der Waals surface area contributed by atoms with E-state index in [1.54, 1.807) is 6.92 Å². The third-order valence-corrected chi connectivity index (χ3v) is 4.46. The van der Waals surface area contributed by atoms with Crippen LogP contribution in [0.25, 0.3) is 10.9 Å². The van der Waals surface area contributed by atoms with Gasteiger partial charge in [-0.3, -0.25) is 4.18 Å². The summed E-state index contributed by atoms with van der Waals surface area (Å²) in [6.07, 6.45) is 2.56. The van der Waals surface area contributed by atoms with Crippen molar-refractivity contribution in [2.24, 2.45) is 0 Å². The van der Waals surface area contributed by atoms with Crippen LogP contribution in [0.15, 0.2) is 60.8 Å². The minimum atomic E-state index is -3.45. The molecule has 0 saturated carbocycles. The van der Waals surface area contributed by atoms with Crippen molar-refractivity contribution in [1.82, 2.24) is 4.57 Å². The summed E-state index contributed by atoms with van der Waals surface area (Å²) in [5.74, 6) is 0.800. The van der Waals surface area contributed by atoms with Crippen molar-refractivity contribution in [2.45, 2.75) is 26.2 Å². The molecule has 0 bridgehead atoms. The molecule has 0 spiro atoms. The van der Waals surface area contributed by atoms with Crippen molar-refractivity contribution in [1.29, 1.82) is 0 Å². The van der Waals surface area contributed by atoms with E-state index < -0.39 is 16.2 Å². The molecule has 25 heavy (non-hydrogen) atoms. The minimum Gasteiger partial charge on any atom is -0.489 e. The normalized spacial score (nSPS) is 13.0. The maximum Gasteiger partial charge on any atom is 0.264 e. The standard InChI is InChI=1S/C19H21NO4S/c1-15(24-25(2,21)22)13-20-11-10-17-12-18(8-9-19(17)20)23-14-16-6-4-3-5-7-16/h3-12,15H,13-14H2,1-2H3. The summed E-state index contributed by atoms with van der Waals surface area (Å²) in [5.41, 5.74) is 2.13. The third kappa shape index (κ3) is 4.84. The molecular weight excluding hydrogens is 338 g/mol. The first-order chi connectivity index (χ1) is 11.9. The molecule has 1 unspecified atom stereocenters. The van der Waals surface area contributed by atoms with Crippen LogP contribution < -0.4 is 4.74 Å². The third-order valence-electron chi connectivity index (χ3n) is 3.78. The molecule has 0 N–H and O–H groups in total. The summed E-state index contributed by atoms with van der Waals surface area (Å²) in [7, 11) is -3.45. The lowest BCUT2D eigenvalue weighted by molar-refractivity contribution is 0.211. The summed E-state index contributed by atoms with van der Waals surface area (Å²) in [6.45, 7) is 2.72. The monoisotopic (exact) mass is 359 g/mol. The van der Waals surface area contributed by atoms with Gasteiger partial charge in [-0.05, 0) is 36.8 Å². The number of hydrogen-bond donors (Lipinski definition) is 0. The Morgan fingerprint density at radius 3 is 2.56 bits per heavy atom. The van der Waals surface area contributed by atoms with Crippen LogP contribution in [-0.4, -0.2) is 25.3 Å². The summed E-state index contributed by atoms with van der Waals surface area (Å²) in [5, 5.41) is 1.04. The zero-order chi connectivity index (χ0) is 17.9. The van der Waals surface area contributed by atoms with Gasteiger partial charge in [-0.15, -0.1) is 0 Å². The molecule has 0 amide bonds. The van der Waals surface area contributed by atoms with Crippen molar-refractivity contribution >= 4 is 21.0 Å². The van der Waals surface area contributed by atoms with Crippen LogP contribution in [-0.2, 0) is 27.5 Å². The Balaban J connectivity index is 1.70. The van der Waals surface area contributed by atoms with E-state index in [-0.39, 0.29) is 0 Å². The largest absolute Gasteiger partial charge is 0.489 e. The van der Waals surface area contributed by atoms with Gasteiger partial charge >= 0.3 is 0 Å². The molecule has 6 heteroatoms. The average Bonchev–Trinajstić information content (AvgIpc) is 2.94. The lowest BCUT2D eigenvalue weighted by Crippen LogP contribution is -2.19. The lowest BCUT2D eigenvalue weighted by atomic mass is 10.2. The molecule has 1 heterocycles. The van der Waals surface area contributed by atoms with Gasteiger partial charge in [-0.2, -0.15) is 8.42 Å². The lowest BCUT2D eigenvalue weighted by Gasteiger charge is -2.13. The van der Waals surface area contributed by atoms with Crippen LogP contribution in [0.5, 0.6) is 5.75 Å². The molecule has 1 atom stereocenters. The van der Waals surface area contributed by atoms with E-state index in [1.165, 1.54) is 0 Å². The highest BCUT2D eigenvalue weighted by Gasteiger charge is 2.12. The fourth-order valence-corrected chi connectivity index (χ4v) is 3.43. The Hall–Kier alpha value is -2.31. The number of hydrogen-bond acceptors (Lipinski definition) is 4. The fraction of sp³-hybridized carbons (Fsp3) is 0.263. The predicted molar refractivity (Wildman–Crippen MR) is 98.1 cm³/mol. The van der Waals surface area contributed by atoms with Gasteiger partial charge in [0.2, 0.25) is 0 Å². The molecule has 0 saturated heterocycles. The number of benzene rings is 2. The first-order valence-corrected chi connectivity index (χ1v) is 9.86. The number of rotatable bonds is 7. The van der Waals surface area contributed by atoms with E-state index in [0.29, 0.717) is 13.2 Å². The second kappa shape index (κ2) is 7.29. The predicted octanol–water partition coefficient (Wildman–Crippen LogP) is 3.59. The van der Waals surface area contributed by atoms with Crippen LogP contribution in [0.4, 0.5) is 0 Å². The van der Waals surface area contributed by atoms with Gasteiger partial charge < -0.3 is 9.30 Å². The smallest absolute Gasteiger partial charge is 0.264 e. The zero-order valence-electron chi connectivity index (χ0n) is 14.3. The van der Waals surface area contributed by atoms with Gasteiger partial charge in [0.15, 0.2) is 0 Å². The van der Waals surface area contributed by atoms with Crippen molar-refractivity contribution in [3.63, 3.8) is 0 Å². The van der Waals surface area contributed by atoms with Crippen molar-refractivity contribution < 1.29 is 17.3 Å². The maximum atomic E-state index is 11.2.